The molecular weight excluding hydrogens is 334 g/mol. The standard InChI is InChI=1S/C14H14BrN5O/c1-3-20-7-10(15)12(18-20)14-17-13(19-21-14)9-5-4-6-11(16)8(9)2/h4-7H,3,16H2,1-2H3. The first-order chi connectivity index (χ1) is 10.1. The van der Waals surface area contributed by atoms with E-state index in [1.165, 1.54) is 0 Å². The molecule has 6 nitrogen and oxygen atoms in total. The first kappa shape index (κ1) is 13.8. The minimum absolute atomic E-state index is 0.380. The Labute approximate surface area is 130 Å². The molecule has 1 aromatic carbocycles. The molecule has 0 aliphatic heterocycles. The van der Waals surface area contributed by atoms with E-state index in [4.69, 9.17) is 10.3 Å². The lowest BCUT2D eigenvalue weighted by Crippen LogP contribution is -1.94. The van der Waals surface area contributed by atoms with E-state index in [-0.39, 0.29) is 0 Å². The third-order valence-electron chi connectivity index (χ3n) is 3.29. The monoisotopic (exact) mass is 347 g/mol. The SMILES string of the molecule is CCn1cc(Br)c(-c2nc(-c3cccc(N)c3C)no2)n1. The predicted molar refractivity (Wildman–Crippen MR) is 83.5 cm³/mol. The van der Waals surface area contributed by atoms with E-state index in [0.29, 0.717) is 23.1 Å². The van der Waals surface area contributed by atoms with Crippen molar-refractivity contribution in [1.82, 2.24) is 19.9 Å². The van der Waals surface area contributed by atoms with Crippen LogP contribution in [0.15, 0.2) is 33.4 Å². The Bertz CT molecular complexity index is 793. The number of hydrogen-bond donors (Lipinski definition) is 1. The van der Waals surface area contributed by atoms with Gasteiger partial charge in [0.1, 0.15) is 0 Å². The molecule has 0 bridgehead atoms. The molecule has 0 radical (unpaired) electrons. The molecule has 3 rings (SSSR count). The van der Waals surface area contributed by atoms with Gasteiger partial charge in [0.15, 0.2) is 5.69 Å². The van der Waals surface area contributed by atoms with Crippen molar-refractivity contribution in [2.75, 3.05) is 5.73 Å². The van der Waals surface area contributed by atoms with Gasteiger partial charge in [-0.1, -0.05) is 17.3 Å². The summed E-state index contributed by atoms with van der Waals surface area (Å²) in [7, 11) is 0. The van der Waals surface area contributed by atoms with Gasteiger partial charge in [-0.3, -0.25) is 4.68 Å². The van der Waals surface area contributed by atoms with E-state index < -0.39 is 0 Å². The van der Waals surface area contributed by atoms with Gasteiger partial charge in [0, 0.05) is 24.0 Å². The van der Waals surface area contributed by atoms with Crippen molar-refractivity contribution in [2.45, 2.75) is 20.4 Å². The van der Waals surface area contributed by atoms with E-state index in [9.17, 15) is 0 Å². The normalized spacial score (nSPS) is 11.0. The second kappa shape index (κ2) is 5.33. The van der Waals surface area contributed by atoms with Gasteiger partial charge >= 0.3 is 0 Å². The van der Waals surface area contributed by atoms with Crippen molar-refractivity contribution in [1.29, 1.82) is 0 Å². The van der Waals surface area contributed by atoms with E-state index in [0.717, 1.165) is 22.1 Å². The third kappa shape index (κ3) is 2.44. The smallest absolute Gasteiger partial charge is 0.279 e. The maximum Gasteiger partial charge on any atom is 0.279 e. The molecule has 0 atom stereocenters. The second-order valence-corrected chi connectivity index (χ2v) is 5.48. The quantitative estimate of drug-likeness (QED) is 0.735. The molecule has 0 unspecified atom stereocenters. The molecule has 3 aromatic rings. The molecule has 0 amide bonds. The van der Waals surface area contributed by atoms with Gasteiger partial charge in [-0.2, -0.15) is 10.1 Å². The number of hydrogen-bond acceptors (Lipinski definition) is 5. The summed E-state index contributed by atoms with van der Waals surface area (Å²) in [6, 6.07) is 5.63. The fraction of sp³-hybridized carbons (Fsp3) is 0.214. The highest BCUT2D eigenvalue weighted by Gasteiger charge is 2.18. The molecule has 0 spiro atoms. The van der Waals surface area contributed by atoms with Crippen LogP contribution in [0.2, 0.25) is 0 Å². The van der Waals surface area contributed by atoms with Crippen LogP contribution < -0.4 is 5.73 Å². The van der Waals surface area contributed by atoms with Crippen LogP contribution in [0.4, 0.5) is 5.69 Å². The average Bonchev–Trinajstić information content (AvgIpc) is 3.08. The molecular formula is C14H14BrN5O. The molecule has 2 aromatic heterocycles. The summed E-state index contributed by atoms with van der Waals surface area (Å²) in [5.41, 5.74) is 9.04. The number of halogens is 1. The van der Waals surface area contributed by atoms with Gasteiger partial charge in [-0.05, 0) is 41.4 Å². The number of benzene rings is 1. The minimum Gasteiger partial charge on any atom is -0.398 e. The van der Waals surface area contributed by atoms with Crippen LogP contribution in [-0.2, 0) is 6.54 Å². The van der Waals surface area contributed by atoms with Gasteiger partial charge in [-0.25, -0.2) is 0 Å². The van der Waals surface area contributed by atoms with E-state index in [1.807, 2.05) is 38.2 Å². The van der Waals surface area contributed by atoms with Crippen LogP contribution in [0.25, 0.3) is 23.0 Å². The first-order valence-electron chi connectivity index (χ1n) is 6.52. The molecule has 2 N–H and O–H groups in total. The maximum atomic E-state index is 5.91. The van der Waals surface area contributed by atoms with E-state index in [2.05, 4.69) is 31.2 Å². The van der Waals surface area contributed by atoms with Crippen molar-refractivity contribution in [3.8, 4) is 23.0 Å². The Morgan fingerprint density at radius 1 is 1.38 bits per heavy atom. The average molecular weight is 348 g/mol. The van der Waals surface area contributed by atoms with Crippen molar-refractivity contribution in [3.63, 3.8) is 0 Å². The zero-order valence-corrected chi connectivity index (χ0v) is 13.3. The zero-order valence-electron chi connectivity index (χ0n) is 11.7. The highest BCUT2D eigenvalue weighted by molar-refractivity contribution is 9.10. The number of nitrogens with two attached hydrogens (primary N) is 1. The number of nitrogen functional groups attached to an aromatic ring is 1. The largest absolute Gasteiger partial charge is 0.398 e. The summed E-state index contributed by atoms with van der Waals surface area (Å²) in [6.07, 6.45) is 1.88. The number of aryl methyl sites for hydroxylation is 1. The Kier molecular flexibility index (Phi) is 3.50. The highest BCUT2D eigenvalue weighted by Crippen LogP contribution is 2.29. The number of nitrogens with zero attached hydrogens (tertiary/aromatic N) is 4. The Morgan fingerprint density at radius 2 is 2.19 bits per heavy atom. The zero-order chi connectivity index (χ0) is 15.0. The molecule has 2 heterocycles. The van der Waals surface area contributed by atoms with Gasteiger partial charge in [-0.15, -0.1) is 0 Å². The fourth-order valence-electron chi connectivity index (χ4n) is 2.03. The summed E-state index contributed by atoms with van der Waals surface area (Å²) in [6.45, 7) is 4.72. The van der Waals surface area contributed by atoms with Crippen LogP contribution in [0, 0.1) is 6.92 Å². The number of anilines is 1. The number of aromatic nitrogens is 4. The van der Waals surface area contributed by atoms with Crippen LogP contribution in [-0.4, -0.2) is 19.9 Å². The predicted octanol–water partition coefficient (Wildman–Crippen LogP) is 3.27. The molecule has 108 valence electrons. The molecule has 0 saturated heterocycles. The molecule has 0 fully saturated rings. The fourth-order valence-corrected chi connectivity index (χ4v) is 2.51. The first-order valence-corrected chi connectivity index (χ1v) is 7.32. The summed E-state index contributed by atoms with van der Waals surface area (Å²) < 4.78 is 7.95. The molecule has 0 aliphatic carbocycles. The Morgan fingerprint density at radius 3 is 2.90 bits per heavy atom. The van der Waals surface area contributed by atoms with E-state index in [1.54, 1.807) is 4.68 Å². The van der Waals surface area contributed by atoms with Gasteiger partial charge in [0.25, 0.3) is 5.89 Å². The third-order valence-corrected chi connectivity index (χ3v) is 3.87. The summed E-state index contributed by atoms with van der Waals surface area (Å²) in [5.74, 6) is 0.888. The van der Waals surface area contributed by atoms with Gasteiger partial charge in [0.05, 0.1) is 4.47 Å². The van der Waals surface area contributed by atoms with Gasteiger partial charge in [0.2, 0.25) is 5.82 Å². The summed E-state index contributed by atoms with van der Waals surface area (Å²) in [4.78, 5) is 4.42. The molecule has 21 heavy (non-hydrogen) atoms. The Hall–Kier alpha value is -2.15. The van der Waals surface area contributed by atoms with Crippen molar-refractivity contribution in [3.05, 3.63) is 34.4 Å². The Balaban J connectivity index is 2.03. The maximum absolute atomic E-state index is 5.91. The van der Waals surface area contributed by atoms with Crippen molar-refractivity contribution >= 4 is 21.6 Å². The van der Waals surface area contributed by atoms with E-state index >= 15 is 0 Å². The lowest BCUT2D eigenvalue weighted by Gasteiger charge is -2.03. The molecule has 7 heteroatoms. The van der Waals surface area contributed by atoms with Crippen molar-refractivity contribution in [2.24, 2.45) is 0 Å². The minimum atomic E-state index is 0.380. The lowest BCUT2D eigenvalue weighted by atomic mass is 10.1. The summed E-state index contributed by atoms with van der Waals surface area (Å²) in [5, 5.41) is 8.42. The second-order valence-electron chi connectivity index (χ2n) is 4.62. The molecule has 0 saturated carbocycles. The van der Waals surface area contributed by atoms with Crippen LogP contribution >= 0.6 is 15.9 Å². The highest BCUT2D eigenvalue weighted by atomic mass is 79.9. The lowest BCUT2D eigenvalue weighted by molar-refractivity contribution is 0.430. The van der Waals surface area contributed by atoms with Gasteiger partial charge < -0.3 is 10.3 Å². The van der Waals surface area contributed by atoms with Crippen LogP contribution in [0.1, 0.15) is 12.5 Å². The summed E-state index contributed by atoms with van der Waals surface area (Å²) >= 11 is 3.46. The van der Waals surface area contributed by atoms with Crippen LogP contribution in [0.3, 0.4) is 0 Å². The van der Waals surface area contributed by atoms with Crippen LogP contribution in [0.5, 0.6) is 0 Å². The molecule has 0 aliphatic rings. The number of rotatable bonds is 3. The van der Waals surface area contributed by atoms with Crippen molar-refractivity contribution < 1.29 is 4.52 Å². The topological polar surface area (TPSA) is 82.8 Å².